The van der Waals surface area contributed by atoms with E-state index in [0.717, 1.165) is 0 Å². The summed E-state index contributed by atoms with van der Waals surface area (Å²) in [5.74, 6) is -0.974. The molecule has 0 bridgehead atoms. The Morgan fingerprint density at radius 3 is 2.27 bits per heavy atom. The monoisotopic (exact) mass is 183 g/mol. The van der Waals surface area contributed by atoms with E-state index in [2.05, 4.69) is 5.73 Å². The van der Waals surface area contributed by atoms with Crippen molar-refractivity contribution >= 4 is 13.5 Å². The molecule has 0 aliphatic rings. The third-order valence-electron chi connectivity index (χ3n) is 1.02. The molecule has 11 heavy (non-hydrogen) atoms. The number of carbonyl (C=O) groups excluding carboxylic acids is 1. The average Bonchev–Trinajstić information content (AvgIpc) is 1.80. The van der Waals surface area contributed by atoms with Crippen molar-refractivity contribution in [1.82, 2.24) is 0 Å². The van der Waals surface area contributed by atoms with Gasteiger partial charge in [-0.25, -0.2) is 0 Å². The van der Waals surface area contributed by atoms with Crippen molar-refractivity contribution in [3.8, 4) is 0 Å². The van der Waals surface area contributed by atoms with Crippen LogP contribution in [-0.2, 0) is 9.36 Å². The summed E-state index contributed by atoms with van der Waals surface area (Å²) in [6.45, 7) is 0. The molecule has 0 spiro atoms. The minimum absolute atomic E-state index is 0.306. The molecule has 7 heteroatoms. The molecular weight excluding hydrogens is 173 g/mol. The Kier molecular flexibility index (Phi) is 3.68. The van der Waals surface area contributed by atoms with E-state index in [4.69, 9.17) is 14.9 Å². The lowest BCUT2D eigenvalue weighted by Crippen LogP contribution is -2.28. The summed E-state index contributed by atoms with van der Waals surface area (Å²) in [5, 5.41) is 8.67. The van der Waals surface area contributed by atoms with Crippen LogP contribution in [-0.4, -0.2) is 33.1 Å². The maximum absolute atomic E-state index is 10.2. The number of rotatable bonds is 4. The molecule has 0 aromatic rings. The molecule has 0 fully saturated rings. The molecular formula is C4H10NO5P. The summed E-state index contributed by atoms with van der Waals surface area (Å²) < 4.78 is 10.2. The van der Waals surface area contributed by atoms with Crippen LogP contribution in [0.4, 0.5) is 0 Å². The summed E-state index contributed by atoms with van der Waals surface area (Å²) >= 11 is 0. The molecule has 0 radical (unpaired) electrons. The maximum Gasteiger partial charge on any atom is 0.325 e. The van der Waals surface area contributed by atoms with Crippen molar-refractivity contribution in [2.24, 2.45) is 5.73 Å². The van der Waals surface area contributed by atoms with Gasteiger partial charge in [0.05, 0.1) is 6.16 Å². The van der Waals surface area contributed by atoms with Crippen LogP contribution in [0.3, 0.4) is 0 Å². The van der Waals surface area contributed by atoms with Gasteiger partial charge in [0, 0.05) is 0 Å². The van der Waals surface area contributed by atoms with Crippen LogP contribution in [0.5, 0.6) is 0 Å². The van der Waals surface area contributed by atoms with Crippen LogP contribution in [0.15, 0.2) is 0 Å². The molecule has 66 valence electrons. The van der Waals surface area contributed by atoms with E-state index in [1.165, 1.54) is 0 Å². The van der Waals surface area contributed by atoms with E-state index in [-0.39, 0.29) is 6.42 Å². The smallest absolute Gasteiger partial charge is 0.325 e. The van der Waals surface area contributed by atoms with Crippen molar-refractivity contribution in [2.45, 2.75) is 12.5 Å². The van der Waals surface area contributed by atoms with Crippen molar-refractivity contribution in [3.05, 3.63) is 0 Å². The molecule has 0 saturated heterocycles. The number of amides is 1. The van der Waals surface area contributed by atoms with E-state index in [1.54, 1.807) is 0 Å². The maximum atomic E-state index is 10.2. The number of nitrogens with two attached hydrogens (primary N) is 1. The Labute approximate surface area is 63.2 Å². The van der Waals surface area contributed by atoms with Gasteiger partial charge in [0.2, 0.25) is 5.91 Å². The van der Waals surface area contributed by atoms with Gasteiger partial charge in [-0.3, -0.25) is 9.36 Å². The van der Waals surface area contributed by atoms with Gasteiger partial charge in [-0.15, -0.1) is 0 Å². The first kappa shape index (κ1) is 10.6. The van der Waals surface area contributed by atoms with Crippen LogP contribution < -0.4 is 5.73 Å². The van der Waals surface area contributed by atoms with E-state index >= 15 is 0 Å². The van der Waals surface area contributed by atoms with Crippen LogP contribution >= 0.6 is 7.60 Å². The molecule has 0 saturated carbocycles. The average molecular weight is 183 g/mol. The normalized spacial score (nSPS) is 14.5. The zero-order valence-corrected chi connectivity index (χ0v) is 6.57. The van der Waals surface area contributed by atoms with E-state index < -0.39 is 25.8 Å². The van der Waals surface area contributed by atoms with E-state index in [0.29, 0.717) is 0 Å². The predicted molar refractivity (Wildman–Crippen MR) is 36.7 cm³/mol. The third kappa shape index (κ3) is 6.00. The van der Waals surface area contributed by atoms with Gasteiger partial charge in [0.25, 0.3) is 0 Å². The van der Waals surface area contributed by atoms with Crippen LogP contribution in [0.1, 0.15) is 6.42 Å². The lowest BCUT2D eigenvalue weighted by atomic mass is 10.3. The Morgan fingerprint density at radius 2 is 2.00 bits per heavy atom. The largest absolute Gasteiger partial charge is 0.383 e. The fraction of sp³-hybridized carbons (Fsp3) is 0.750. The Hall–Kier alpha value is -0.420. The summed E-state index contributed by atoms with van der Waals surface area (Å²) in [6.07, 6.45) is -2.31. The highest BCUT2D eigenvalue weighted by Gasteiger charge is 2.18. The first-order chi connectivity index (χ1) is 4.83. The molecule has 0 rings (SSSR count). The fourth-order valence-electron chi connectivity index (χ4n) is 0.433. The summed E-state index contributed by atoms with van der Waals surface area (Å²) in [5.41, 5.74) is 4.62. The van der Waals surface area contributed by atoms with Crippen molar-refractivity contribution in [2.75, 3.05) is 6.16 Å². The lowest BCUT2D eigenvalue weighted by Gasteiger charge is -2.06. The molecule has 1 unspecified atom stereocenters. The lowest BCUT2D eigenvalue weighted by molar-refractivity contribution is -0.126. The minimum atomic E-state index is -4.13. The molecule has 5 N–H and O–H groups in total. The molecule has 1 atom stereocenters. The highest BCUT2D eigenvalue weighted by molar-refractivity contribution is 7.51. The number of aliphatic hydroxyl groups excluding tert-OH is 1. The van der Waals surface area contributed by atoms with Gasteiger partial charge in [-0.1, -0.05) is 0 Å². The first-order valence-corrected chi connectivity index (χ1v) is 4.64. The Bertz CT molecular complexity index is 187. The van der Waals surface area contributed by atoms with Crippen LogP contribution in [0.2, 0.25) is 0 Å². The summed E-state index contributed by atoms with van der Waals surface area (Å²) in [7, 11) is -4.13. The van der Waals surface area contributed by atoms with Gasteiger partial charge in [-0.2, -0.15) is 0 Å². The number of aliphatic hydroxyl groups is 1. The highest BCUT2D eigenvalue weighted by atomic mass is 31.2. The van der Waals surface area contributed by atoms with Gasteiger partial charge in [0.15, 0.2) is 0 Å². The van der Waals surface area contributed by atoms with Crippen molar-refractivity contribution in [3.63, 3.8) is 0 Å². The molecule has 6 nitrogen and oxygen atoms in total. The number of hydrogen-bond donors (Lipinski definition) is 4. The molecule has 0 heterocycles. The zero-order chi connectivity index (χ0) is 9.07. The second kappa shape index (κ2) is 3.82. The molecule has 1 amide bonds. The molecule has 0 aliphatic carbocycles. The second-order valence-electron chi connectivity index (χ2n) is 2.10. The number of hydrogen-bond acceptors (Lipinski definition) is 3. The zero-order valence-electron chi connectivity index (χ0n) is 5.67. The minimum Gasteiger partial charge on any atom is -0.383 e. The van der Waals surface area contributed by atoms with Gasteiger partial charge < -0.3 is 20.6 Å². The second-order valence-corrected chi connectivity index (χ2v) is 3.87. The molecule has 0 aliphatic heterocycles. The number of primary amides is 1. The van der Waals surface area contributed by atoms with Gasteiger partial charge >= 0.3 is 7.60 Å². The van der Waals surface area contributed by atoms with Crippen molar-refractivity contribution < 1.29 is 24.3 Å². The molecule has 0 aromatic heterocycles. The summed E-state index contributed by atoms with van der Waals surface area (Å²) in [4.78, 5) is 26.7. The Morgan fingerprint density at radius 1 is 1.55 bits per heavy atom. The standard InChI is InChI=1S/C4H10NO5P/c5-4(7)3(6)1-2-11(8,9)10/h3,6H,1-2H2,(H2,5,7)(H2,8,9,10). The quantitative estimate of drug-likeness (QED) is 0.391. The summed E-state index contributed by atoms with van der Waals surface area (Å²) in [6, 6.07) is 0. The van der Waals surface area contributed by atoms with E-state index in [9.17, 15) is 9.36 Å². The van der Waals surface area contributed by atoms with Crippen molar-refractivity contribution in [1.29, 1.82) is 0 Å². The Balaban J connectivity index is 3.72. The molecule has 0 aromatic carbocycles. The number of carbonyl (C=O) groups is 1. The third-order valence-corrected chi connectivity index (χ3v) is 1.86. The topological polar surface area (TPSA) is 121 Å². The van der Waals surface area contributed by atoms with E-state index in [1.807, 2.05) is 0 Å². The fourth-order valence-corrected chi connectivity index (χ4v) is 1.01. The highest BCUT2D eigenvalue weighted by Crippen LogP contribution is 2.35. The SMILES string of the molecule is NC(=O)C(O)CCP(=O)(O)O. The van der Waals surface area contributed by atoms with Gasteiger partial charge in [-0.05, 0) is 6.42 Å². The predicted octanol–water partition coefficient (Wildman–Crippen LogP) is -1.60. The first-order valence-electron chi connectivity index (χ1n) is 2.85. The van der Waals surface area contributed by atoms with Crippen LogP contribution in [0.25, 0.3) is 0 Å². The van der Waals surface area contributed by atoms with Gasteiger partial charge in [0.1, 0.15) is 6.10 Å². The van der Waals surface area contributed by atoms with Crippen LogP contribution in [0, 0.1) is 0 Å².